The van der Waals surface area contributed by atoms with E-state index in [1.54, 1.807) is 32.7 Å². The fourth-order valence-electron chi connectivity index (χ4n) is 3.78. The minimum Gasteiger partial charge on any atom is -0.497 e. The van der Waals surface area contributed by atoms with Crippen molar-refractivity contribution in [2.75, 3.05) is 34.5 Å². The number of thiophene rings is 1. The van der Waals surface area contributed by atoms with Gasteiger partial charge in [0.1, 0.15) is 18.1 Å². The van der Waals surface area contributed by atoms with Crippen molar-refractivity contribution < 1.29 is 18.9 Å². The van der Waals surface area contributed by atoms with Crippen molar-refractivity contribution in [1.82, 2.24) is 4.90 Å². The van der Waals surface area contributed by atoms with E-state index in [0.29, 0.717) is 6.61 Å². The Morgan fingerprint density at radius 2 is 1.80 bits per heavy atom. The number of nitrogens with zero attached hydrogens (tertiary/aromatic N) is 1. The highest BCUT2D eigenvalue weighted by atomic mass is 32.1. The van der Waals surface area contributed by atoms with E-state index >= 15 is 0 Å². The summed E-state index contributed by atoms with van der Waals surface area (Å²) in [4.78, 5) is 4.91. The minimum atomic E-state index is 0.610. The monoisotopic (exact) mass is 425 g/mol. The molecule has 0 unspecified atom stereocenters. The van der Waals surface area contributed by atoms with Gasteiger partial charge in [0.2, 0.25) is 0 Å². The summed E-state index contributed by atoms with van der Waals surface area (Å²) in [7, 11) is 5.06. The molecule has 0 fully saturated rings. The largest absolute Gasteiger partial charge is 0.497 e. The maximum Gasteiger partial charge on any atom is 0.165 e. The van der Waals surface area contributed by atoms with E-state index < -0.39 is 0 Å². The lowest BCUT2D eigenvalue weighted by Gasteiger charge is -2.21. The summed E-state index contributed by atoms with van der Waals surface area (Å²) in [6.45, 7) is 5.10. The topological polar surface area (TPSA) is 40.2 Å². The highest BCUT2D eigenvalue weighted by Crippen LogP contribution is 2.40. The molecular weight excluding hydrogens is 398 g/mol. The molecule has 2 aromatic carbocycles. The van der Waals surface area contributed by atoms with Gasteiger partial charge in [0.15, 0.2) is 11.5 Å². The van der Waals surface area contributed by atoms with Gasteiger partial charge >= 0.3 is 0 Å². The Morgan fingerprint density at radius 1 is 0.967 bits per heavy atom. The number of hydrogen-bond acceptors (Lipinski definition) is 6. The standard InChI is InChI=1S/C24H27NO4S/c1-16-5-8-23(30-16)18-11-19-15-25(9-10-29-24(19)22(12-18)28-4)14-17-6-7-20(26-2)13-21(17)27-3/h5-8,11-13H,9-10,14-15H2,1-4H3. The van der Waals surface area contributed by atoms with E-state index in [0.717, 1.165) is 59.3 Å². The lowest BCUT2D eigenvalue weighted by atomic mass is 10.1. The average Bonchev–Trinajstić information content (AvgIpc) is 3.09. The number of aryl methyl sites for hydroxylation is 1. The quantitative estimate of drug-likeness (QED) is 0.547. The van der Waals surface area contributed by atoms with Crippen LogP contribution in [0.5, 0.6) is 23.0 Å². The van der Waals surface area contributed by atoms with Gasteiger partial charge in [-0.2, -0.15) is 0 Å². The zero-order valence-corrected chi connectivity index (χ0v) is 18.7. The molecule has 0 N–H and O–H groups in total. The molecule has 5 nitrogen and oxygen atoms in total. The van der Waals surface area contributed by atoms with Gasteiger partial charge in [0.25, 0.3) is 0 Å². The summed E-state index contributed by atoms with van der Waals surface area (Å²) >= 11 is 1.79. The second-order valence-electron chi connectivity index (χ2n) is 7.31. The third-order valence-corrected chi connectivity index (χ3v) is 6.36. The lowest BCUT2D eigenvalue weighted by molar-refractivity contribution is 0.214. The van der Waals surface area contributed by atoms with Crippen molar-refractivity contribution in [3.8, 4) is 33.4 Å². The van der Waals surface area contributed by atoms with Crippen LogP contribution in [0, 0.1) is 6.92 Å². The highest BCUT2D eigenvalue weighted by molar-refractivity contribution is 7.15. The SMILES string of the molecule is COc1ccc(CN2CCOc3c(cc(-c4ccc(C)s4)cc3OC)C2)c(OC)c1. The van der Waals surface area contributed by atoms with Crippen LogP contribution in [0.15, 0.2) is 42.5 Å². The van der Waals surface area contributed by atoms with Gasteiger partial charge in [-0.15, -0.1) is 11.3 Å². The minimum absolute atomic E-state index is 0.610. The molecule has 6 heteroatoms. The number of benzene rings is 2. The van der Waals surface area contributed by atoms with Gasteiger partial charge in [-0.3, -0.25) is 4.90 Å². The molecule has 158 valence electrons. The van der Waals surface area contributed by atoms with Crippen molar-refractivity contribution in [2.24, 2.45) is 0 Å². The third kappa shape index (κ3) is 4.25. The maximum atomic E-state index is 6.11. The fraction of sp³-hybridized carbons (Fsp3) is 0.333. The second kappa shape index (κ2) is 8.98. The summed E-state index contributed by atoms with van der Waals surface area (Å²) in [5.74, 6) is 3.26. The van der Waals surface area contributed by atoms with E-state index in [2.05, 4.69) is 42.2 Å². The molecule has 2 heterocycles. The van der Waals surface area contributed by atoms with E-state index in [4.69, 9.17) is 18.9 Å². The number of rotatable bonds is 6. The second-order valence-corrected chi connectivity index (χ2v) is 8.60. The Balaban J connectivity index is 1.64. The van der Waals surface area contributed by atoms with Gasteiger partial charge in [-0.25, -0.2) is 0 Å². The van der Waals surface area contributed by atoms with Crippen LogP contribution in [-0.2, 0) is 13.1 Å². The predicted octanol–water partition coefficient (Wildman–Crippen LogP) is 5.14. The Morgan fingerprint density at radius 3 is 2.50 bits per heavy atom. The molecule has 0 radical (unpaired) electrons. The summed E-state index contributed by atoms with van der Waals surface area (Å²) in [6.07, 6.45) is 0. The Kier molecular flexibility index (Phi) is 6.16. The first-order chi connectivity index (χ1) is 14.6. The van der Waals surface area contributed by atoms with Crippen molar-refractivity contribution in [2.45, 2.75) is 20.0 Å². The molecule has 4 rings (SSSR count). The van der Waals surface area contributed by atoms with E-state index in [1.807, 2.05) is 12.1 Å². The number of methoxy groups -OCH3 is 3. The molecular formula is C24H27NO4S. The van der Waals surface area contributed by atoms with Crippen molar-refractivity contribution in [1.29, 1.82) is 0 Å². The number of hydrogen-bond donors (Lipinski definition) is 0. The fourth-order valence-corrected chi connectivity index (χ4v) is 4.63. The van der Waals surface area contributed by atoms with E-state index in [1.165, 1.54) is 9.75 Å². The molecule has 0 spiro atoms. The molecule has 0 amide bonds. The van der Waals surface area contributed by atoms with Crippen LogP contribution >= 0.6 is 11.3 Å². The first-order valence-electron chi connectivity index (χ1n) is 9.95. The molecule has 30 heavy (non-hydrogen) atoms. The summed E-state index contributed by atoms with van der Waals surface area (Å²) in [6, 6.07) is 14.6. The smallest absolute Gasteiger partial charge is 0.165 e. The molecule has 0 saturated carbocycles. The van der Waals surface area contributed by atoms with Crippen molar-refractivity contribution >= 4 is 11.3 Å². The first-order valence-corrected chi connectivity index (χ1v) is 10.8. The van der Waals surface area contributed by atoms with Crippen LogP contribution in [0.1, 0.15) is 16.0 Å². The lowest BCUT2D eigenvalue weighted by Crippen LogP contribution is -2.25. The van der Waals surface area contributed by atoms with Crippen LogP contribution in [0.25, 0.3) is 10.4 Å². The summed E-state index contributed by atoms with van der Waals surface area (Å²) < 4.78 is 22.7. The van der Waals surface area contributed by atoms with Gasteiger partial charge in [-0.05, 0) is 42.8 Å². The Hall–Kier alpha value is -2.70. The Labute approximate surface area is 181 Å². The van der Waals surface area contributed by atoms with Crippen LogP contribution in [0.2, 0.25) is 0 Å². The van der Waals surface area contributed by atoms with Crippen LogP contribution in [-0.4, -0.2) is 39.4 Å². The highest BCUT2D eigenvalue weighted by Gasteiger charge is 2.22. The third-order valence-electron chi connectivity index (χ3n) is 5.31. The van der Waals surface area contributed by atoms with Crippen molar-refractivity contribution in [3.05, 3.63) is 58.5 Å². The maximum absolute atomic E-state index is 6.11. The zero-order chi connectivity index (χ0) is 21.1. The van der Waals surface area contributed by atoms with Crippen LogP contribution in [0.3, 0.4) is 0 Å². The predicted molar refractivity (Wildman–Crippen MR) is 120 cm³/mol. The van der Waals surface area contributed by atoms with E-state index in [-0.39, 0.29) is 0 Å². The summed E-state index contributed by atoms with van der Waals surface area (Å²) in [5.41, 5.74) is 3.43. The van der Waals surface area contributed by atoms with Gasteiger partial charge in [0, 0.05) is 46.6 Å². The molecule has 0 bridgehead atoms. The molecule has 0 atom stereocenters. The normalized spacial score (nSPS) is 13.9. The first kappa shape index (κ1) is 20.6. The van der Waals surface area contributed by atoms with E-state index in [9.17, 15) is 0 Å². The molecule has 3 aromatic rings. The van der Waals surface area contributed by atoms with Gasteiger partial charge in [0.05, 0.1) is 21.3 Å². The molecule has 0 saturated heterocycles. The molecule has 1 aliphatic rings. The van der Waals surface area contributed by atoms with Gasteiger partial charge < -0.3 is 18.9 Å². The zero-order valence-electron chi connectivity index (χ0n) is 17.9. The van der Waals surface area contributed by atoms with Crippen molar-refractivity contribution in [3.63, 3.8) is 0 Å². The van der Waals surface area contributed by atoms with Crippen LogP contribution in [0.4, 0.5) is 0 Å². The van der Waals surface area contributed by atoms with Gasteiger partial charge in [-0.1, -0.05) is 6.07 Å². The number of fused-ring (bicyclic) bond motifs is 1. The Bertz CT molecular complexity index is 1030. The summed E-state index contributed by atoms with van der Waals surface area (Å²) in [5, 5.41) is 0. The average molecular weight is 426 g/mol. The number of ether oxygens (including phenoxy) is 4. The van der Waals surface area contributed by atoms with Crippen LogP contribution < -0.4 is 18.9 Å². The molecule has 1 aliphatic heterocycles. The molecule has 1 aromatic heterocycles. The molecule has 0 aliphatic carbocycles.